The number of rotatable bonds is 3. The Morgan fingerprint density at radius 2 is 1.49 bits per heavy atom. The van der Waals surface area contributed by atoms with Crippen LogP contribution in [0.25, 0.3) is 33.3 Å². The molecule has 0 aliphatic rings. The summed E-state index contributed by atoms with van der Waals surface area (Å²) in [6, 6.07) is 13.8. The van der Waals surface area contributed by atoms with Gasteiger partial charge in [0.15, 0.2) is 11.3 Å². The van der Waals surface area contributed by atoms with Gasteiger partial charge in [-0.3, -0.25) is 20.2 Å². The monoisotopic (exact) mass is 538 g/mol. The van der Waals surface area contributed by atoms with Crippen molar-refractivity contribution < 1.29 is 19.4 Å². The van der Waals surface area contributed by atoms with Crippen molar-refractivity contribution in [3.8, 4) is 17.0 Å². The van der Waals surface area contributed by atoms with Crippen LogP contribution >= 0.6 is 15.9 Å². The molecule has 5 N–H and O–H groups in total. The largest absolute Gasteiger partial charge is 0.507 e. The Balaban J connectivity index is 0.000000165. The lowest BCUT2D eigenvalue weighted by Gasteiger charge is -2.08. The molecule has 5 aromatic rings. The third-order valence-electron chi connectivity index (χ3n) is 4.99. The lowest BCUT2D eigenvalue weighted by Crippen LogP contribution is -1.99. The predicted octanol–water partition coefficient (Wildman–Crippen LogP) is 5.18. The van der Waals surface area contributed by atoms with E-state index in [9.17, 15) is 25.3 Å². The number of nitrogen functional groups attached to an aromatic ring is 2. The molecule has 0 unspecified atom stereocenters. The van der Waals surface area contributed by atoms with Crippen molar-refractivity contribution in [2.75, 3.05) is 11.5 Å². The van der Waals surface area contributed by atoms with Crippen molar-refractivity contribution in [2.45, 2.75) is 0 Å². The molecule has 0 spiro atoms. The summed E-state index contributed by atoms with van der Waals surface area (Å²) in [5.74, 6) is 0.0268. The summed E-state index contributed by atoms with van der Waals surface area (Å²) in [6.45, 7) is 0. The summed E-state index contributed by atoms with van der Waals surface area (Å²) in [5.41, 5.74) is 13.1. The number of hydrogen-bond acceptors (Lipinski definition) is 10. The maximum atomic E-state index is 10.7. The van der Waals surface area contributed by atoms with Crippen molar-refractivity contribution in [3.05, 3.63) is 85.6 Å². The molecular weight excluding hydrogens is 524 g/mol. The Morgan fingerprint density at radius 3 is 2.17 bits per heavy atom. The van der Waals surface area contributed by atoms with Crippen molar-refractivity contribution in [3.63, 3.8) is 0 Å². The van der Waals surface area contributed by atoms with E-state index in [-0.39, 0.29) is 34.1 Å². The summed E-state index contributed by atoms with van der Waals surface area (Å²) >= 11 is 3.17. The minimum Gasteiger partial charge on any atom is -0.507 e. The molecule has 0 fully saturated rings. The highest BCUT2D eigenvalue weighted by Crippen LogP contribution is 2.39. The highest BCUT2D eigenvalue weighted by molar-refractivity contribution is 9.10. The van der Waals surface area contributed by atoms with Gasteiger partial charge in [-0.2, -0.15) is 0 Å². The van der Waals surface area contributed by atoms with Gasteiger partial charge >= 0.3 is 11.4 Å². The van der Waals surface area contributed by atoms with Gasteiger partial charge in [0, 0.05) is 10.9 Å². The second kappa shape index (κ2) is 9.23. The average molecular weight is 539 g/mol. The molecule has 3 aromatic heterocycles. The normalized spacial score (nSPS) is 10.7. The molecule has 0 aliphatic carbocycles. The van der Waals surface area contributed by atoms with Crippen LogP contribution in [-0.4, -0.2) is 24.9 Å². The van der Waals surface area contributed by atoms with Gasteiger partial charge in [-0.05, 0) is 40.2 Å². The Labute approximate surface area is 204 Å². The Hall–Kier alpha value is -4.78. The van der Waals surface area contributed by atoms with Gasteiger partial charge in [0.2, 0.25) is 0 Å². The Kier molecular flexibility index (Phi) is 6.16. The molecule has 12 nitrogen and oxygen atoms in total. The first-order chi connectivity index (χ1) is 16.7. The smallest absolute Gasteiger partial charge is 0.314 e. The summed E-state index contributed by atoms with van der Waals surface area (Å²) < 4.78 is 5.77. The first-order valence-corrected chi connectivity index (χ1v) is 10.6. The highest BCUT2D eigenvalue weighted by Gasteiger charge is 2.21. The van der Waals surface area contributed by atoms with Crippen LogP contribution in [0.2, 0.25) is 0 Å². The van der Waals surface area contributed by atoms with Crippen LogP contribution in [0, 0.1) is 20.2 Å². The summed E-state index contributed by atoms with van der Waals surface area (Å²) in [5, 5.41) is 31.9. The number of hydrogen-bond donors (Lipinski definition) is 3. The van der Waals surface area contributed by atoms with Gasteiger partial charge < -0.3 is 21.0 Å². The van der Waals surface area contributed by atoms with Gasteiger partial charge in [-0.1, -0.05) is 24.3 Å². The molecule has 176 valence electrons. The number of pyridine rings is 2. The molecule has 0 atom stereocenters. The molecule has 0 amide bonds. The fraction of sp³-hybridized carbons (Fsp3) is 0. The number of phenols is 1. The molecule has 5 rings (SSSR count). The Morgan fingerprint density at radius 1 is 0.886 bits per heavy atom. The van der Waals surface area contributed by atoms with Gasteiger partial charge in [-0.25, -0.2) is 9.97 Å². The summed E-state index contributed by atoms with van der Waals surface area (Å²) in [6.07, 6.45) is 2.22. The standard InChI is InChI=1S/C11H8BrN3O3.C11H7N3O3/c12-9-10(13)7(15(17)18)5-14-11(9)6-3-1-2-4-8(6)16;12-9-7(14(15)16)5-13-10-6-3-1-2-4-8(6)17-11(9)10/h1-5,16H,(H2,13,14);1-5H,(H2,12,13). The summed E-state index contributed by atoms with van der Waals surface area (Å²) in [4.78, 5) is 28.2. The first-order valence-electron chi connectivity index (χ1n) is 9.77. The number of furan rings is 1. The molecule has 0 saturated carbocycles. The van der Waals surface area contributed by atoms with E-state index in [4.69, 9.17) is 15.9 Å². The number of halogens is 1. The number of phenolic OH excluding ortho intramolecular Hbond substituents is 1. The van der Waals surface area contributed by atoms with E-state index in [0.29, 0.717) is 26.8 Å². The zero-order chi connectivity index (χ0) is 25.3. The number of fused-ring (bicyclic) bond motifs is 3. The highest BCUT2D eigenvalue weighted by atomic mass is 79.9. The molecule has 35 heavy (non-hydrogen) atoms. The number of aromatic nitrogens is 2. The van der Waals surface area contributed by atoms with Crippen LogP contribution in [0.4, 0.5) is 22.7 Å². The summed E-state index contributed by atoms with van der Waals surface area (Å²) in [7, 11) is 0. The maximum absolute atomic E-state index is 10.7. The average Bonchev–Trinajstić information content (AvgIpc) is 3.21. The molecule has 0 bridgehead atoms. The van der Waals surface area contributed by atoms with Crippen LogP contribution in [-0.2, 0) is 0 Å². The minimum absolute atomic E-state index is 0.0104. The van der Waals surface area contributed by atoms with E-state index < -0.39 is 9.85 Å². The zero-order valence-electron chi connectivity index (χ0n) is 17.6. The van der Waals surface area contributed by atoms with Gasteiger partial charge in [0.25, 0.3) is 0 Å². The number of nitrogens with zero attached hydrogens (tertiary/aromatic N) is 4. The lowest BCUT2D eigenvalue weighted by molar-refractivity contribution is -0.384. The molecule has 3 heterocycles. The maximum Gasteiger partial charge on any atom is 0.314 e. The van der Waals surface area contributed by atoms with Crippen molar-refractivity contribution in [1.29, 1.82) is 0 Å². The van der Waals surface area contributed by atoms with Crippen LogP contribution in [0.3, 0.4) is 0 Å². The first kappa shape index (κ1) is 23.4. The molecule has 13 heteroatoms. The molecule has 2 aromatic carbocycles. The molecular formula is C22H15BrN6O6. The SMILES string of the molecule is Nc1c([N+](=O)[O-])cnc(-c2ccccc2O)c1Br.Nc1c([N+](=O)[O-])cnc2c1oc1ccccc12. The number of anilines is 2. The number of aromatic hydroxyl groups is 1. The van der Waals surface area contributed by atoms with Crippen LogP contribution in [0.15, 0.2) is 69.8 Å². The van der Waals surface area contributed by atoms with E-state index in [1.165, 1.54) is 6.07 Å². The number of para-hydroxylation sites is 2. The number of nitrogens with two attached hydrogens (primary N) is 2. The minimum atomic E-state index is -0.609. The zero-order valence-corrected chi connectivity index (χ0v) is 19.2. The van der Waals surface area contributed by atoms with Crippen LogP contribution < -0.4 is 11.5 Å². The third kappa shape index (κ3) is 4.27. The van der Waals surface area contributed by atoms with Gasteiger partial charge in [0.05, 0.1) is 20.0 Å². The van der Waals surface area contributed by atoms with E-state index in [1.807, 2.05) is 18.2 Å². The fourth-order valence-corrected chi connectivity index (χ4v) is 3.82. The van der Waals surface area contributed by atoms with E-state index in [0.717, 1.165) is 17.8 Å². The van der Waals surface area contributed by atoms with Crippen LogP contribution in [0.5, 0.6) is 5.75 Å². The predicted molar refractivity (Wildman–Crippen MR) is 133 cm³/mol. The van der Waals surface area contributed by atoms with E-state index in [1.54, 1.807) is 24.3 Å². The number of benzene rings is 2. The molecule has 0 radical (unpaired) electrons. The topological polar surface area (TPSA) is 197 Å². The second-order valence-corrected chi connectivity index (χ2v) is 7.88. The quantitative estimate of drug-likeness (QED) is 0.203. The molecule has 0 aliphatic heterocycles. The molecule has 0 saturated heterocycles. The fourth-order valence-electron chi connectivity index (χ4n) is 3.30. The van der Waals surface area contributed by atoms with Crippen molar-refractivity contribution in [1.82, 2.24) is 9.97 Å². The van der Waals surface area contributed by atoms with Crippen molar-refractivity contribution in [2.24, 2.45) is 0 Å². The van der Waals surface area contributed by atoms with Crippen LogP contribution in [0.1, 0.15) is 0 Å². The third-order valence-corrected chi connectivity index (χ3v) is 5.80. The number of nitro groups is 2. The van der Waals surface area contributed by atoms with Gasteiger partial charge in [0.1, 0.15) is 34.9 Å². The van der Waals surface area contributed by atoms with E-state index >= 15 is 0 Å². The van der Waals surface area contributed by atoms with Crippen molar-refractivity contribution >= 4 is 60.7 Å². The van der Waals surface area contributed by atoms with Gasteiger partial charge in [-0.15, -0.1) is 0 Å². The second-order valence-electron chi connectivity index (χ2n) is 7.08. The van der Waals surface area contributed by atoms with E-state index in [2.05, 4.69) is 25.9 Å². The Bertz CT molecular complexity index is 1620. The lowest BCUT2D eigenvalue weighted by atomic mass is 10.1.